The lowest BCUT2D eigenvalue weighted by molar-refractivity contribution is -0.0656. The van der Waals surface area contributed by atoms with Crippen LogP contribution in [0.5, 0.6) is 5.75 Å². The molecule has 186 valence electrons. The average Bonchev–Trinajstić information content (AvgIpc) is 2.90. The Labute approximate surface area is 213 Å². The van der Waals surface area contributed by atoms with Crippen LogP contribution in [-0.2, 0) is 6.54 Å². The largest absolute Gasteiger partial charge is 0.497 e. The van der Waals surface area contributed by atoms with Gasteiger partial charge in [-0.25, -0.2) is 4.39 Å². The highest BCUT2D eigenvalue weighted by atomic mass is 19.1. The van der Waals surface area contributed by atoms with Gasteiger partial charge in [-0.05, 0) is 74.0 Å². The van der Waals surface area contributed by atoms with E-state index in [2.05, 4.69) is 45.9 Å². The molecule has 0 saturated carbocycles. The molecule has 2 aliphatic heterocycles. The van der Waals surface area contributed by atoms with Gasteiger partial charge in [-0.15, -0.1) is 0 Å². The number of benzene rings is 3. The molecule has 4 nitrogen and oxygen atoms in total. The van der Waals surface area contributed by atoms with Crippen LogP contribution >= 0.6 is 0 Å². The number of aliphatic hydroxyl groups is 1. The SMILES string of the molecule is COc1ccc(C#Cc2ccc([C@@H]3[C@H]4CN(Cc5ccccc5F)CCCCN4[C@H]3CO)cc2)cc1. The fraction of sp³-hybridized carbons (Fsp3) is 0.355. The van der Waals surface area contributed by atoms with E-state index in [0.29, 0.717) is 12.6 Å². The molecule has 3 atom stereocenters. The summed E-state index contributed by atoms with van der Waals surface area (Å²) in [5, 5.41) is 10.2. The molecule has 5 heteroatoms. The van der Waals surface area contributed by atoms with Crippen molar-refractivity contribution in [3.8, 4) is 17.6 Å². The van der Waals surface area contributed by atoms with Crippen LogP contribution < -0.4 is 4.74 Å². The van der Waals surface area contributed by atoms with Gasteiger partial charge in [-0.3, -0.25) is 9.80 Å². The Bertz CT molecular complexity index is 1220. The molecular weight excluding hydrogens is 451 g/mol. The Morgan fingerprint density at radius 2 is 1.58 bits per heavy atom. The zero-order chi connectivity index (χ0) is 24.9. The number of rotatable bonds is 5. The summed E-state index contributed by atoms with van der Waals surface area (Å²) in [7, 11) is 1.65. The van der Waals surface area contributed by atoms with E-state index in [1.807, 2.05) is 36.4 Å². The van der Waals surface area contributed by atoms with Crippen molar-refractivity contribution in [1.29, 1.82) is 0 Å². The summed E-state index contributed by atoms with van der Waals surface area (Å²) in [5.74, 6) is 7.39. The van der Waals surface area contributed by atoms with Crippen LogP contribution in [0, 0.1) is 17.7 Å². The molecule has 0 aliphatic carbocycles. The Balaban J connectivity index is 1.31. The molecule has 2 aliphatic rings. The summed E-state index contributed by atoms with van der Waals surface area (Å²) in [4.78, 5) is 4.83. The lowest BCUT2D eigenvalue weighted by Crippen LogP contribution is -2.67. The average molecular weight is 485 g/mol. The number of halogens is 1. The number of nitrogens with zero attached hydrogens (tertiary/aromatic N) is 2. The molecule has 0 spiro atoms. The standard InChI is InChI=1S/C31H33FN2O2/c1-36-27-16-12-24(13-17-27)9-8-23-10-14-25(15-11-23)31-29-21-33(20-26-6-2-3-7-28(26)32)18-4-5-19-34(29)30(31)22-35/h2-3,6-7,10-17,29-31,35H,4-5,18-22H2,1H3/t29-,30+,31-/m1/s1. The van der Waals surface area contributed by atoms with Gasteiger partial charge in [0.2, 0.25) is 0 Å². The van der Waals surface area contributed by atoms with Crippen molar-refractivity contribution < 1.29 is 14.2 Å². The Kier molecular flexibility index (Phi) is 7.67. The first-order chi connectivity index (χ1) is 17.7. The number of fused-ring (bicyclic) bond motifs is 1. The number of hydrogen-bond acceptors (Lipinski definition) is 4. The topological polar surface area (TPSA) is 35.9 Å². The van der Waals surface area contributed by atoms with Crippen LogP contribution in [0.1, 0.15) is 41.0 Å². The molecule has 1 N–H and O–H groups in total. The molecule has 0 aromatic heterocycles. The summed E-state index contributed by atoms with van der Waals surface area (Å²) in [6.45, 7) is 3.61. The minimum atomic E-state index is -0.138. The van der Waals surface area contributed by atoms with Crippen molar-refractivity contribution in [1.82, 2.24) is 9.80 Å². The Morgan fingerprint density at radius 1 is 0.917 bits per heavy atom. The zero-order valence-corrected chi connectivity index (χ0v) is 20.7. The number of hydrogen-bond donors (Lipinski definition) is 1. The third-order valence-corrected chi connectivity index (χ3v) is 7.54. The van der Waals surface area contributed by atoms with Crippen LogP contribution in [0.4, 0.5) is 4.39 Å². The maximum absolute atomic E-state index is 14.3. The van der Waals surface area contributed by atoms with Crippen molar-refractivity contribution in [3.63, 3.8) is 0 Å². The molecule has 2 heterocycles. The van der Waals surface area contributed by atoms with Crippen molar-refractivity contribution >= 4 is 0 Å². The van der Waals surface area contributed by atoms with Crippen molar-refractivity contribution in [2.75, 3.05) is 33.4 Å². The lowest BCUT2D eigenvalue weighted by Gasteiger charge is -2.57. The summed E-state index contributed by atoms with van der Waals surface area (Å²) < 4.78 is 19.5. The van der Waals surface area contributed by atoms with Crippen molar-refractivity contribution in [2.45, 2.75) is 37.4 Å². The fourth-order valence-electron chi connectivity index (χ4n) is 5.63. The van der Waals surface area contributed by atoms with Gasteiger partial charge < -0.3 is 9.84 Å². The van der Waals surface area contributed by atoms with Crippen LogP contribution in [0.2, 0.25) is 0 Å². The molecule has 0 bridgehead atoms. The number of ether oxygens (including phenoxy) is 1. The molecule has 36 heavy (non-hydrogen) atoms. The quantitative estimate of drug-likeness (QED) is 0.535. The van der Waals surface area contributed by atoms with E-state index in [-0.39, 0.29) is 24.4 Å². The molecule has 2 fully saturated rings. The van der Waals surface area contributed by atoms with E-state index < -0.39 is 0 Å². The zero-order valence-electron chi connectivity index (χ0n) is 20.7. The smallest absolute Gasteiger partial charge is 0.127 e. The maximum atomic E-state index is 14.3. The van der Waals surface area contributed by atoms with Gasteiger partial charge in [0.15, 0.2) is 0 Å². The second kappa shape index (κ2) is 11.3. The molecule has 0 unspecified atom stereocenters. The van der Waals surface area contributed by atoms with Gasteiger partial charge in [0.05, 0.1) is 13.7 Å². The third-order valence-electron chi connectivity index (χ3n) is 7.54. The molecule has 3 aromatic carbocycles. The van der Waals surface area contributed by atoms with Gasteiger partial charge in [0.1, 0.15) is 11.6 Å². The van der Waals surface area contributed by atoms with Gasteiger partial charge in [-0.2, -0.15) is 0 Å². The number of aliphatic hydroxyl groups excluding tert-OH is 1. The van der Waals surface area contributed by atoms with E-state index >= 15 is 0 Å². The van der Waals surface area contributed by atoms with E-state index in [1.165, 1.54) is 5.56 Å². The molecule has 0 amide bonds. The highest BCUT2D eigenvalue weighted by molar-refractivity contribution is 5.45. The summed E-state index contributed by atoms with van der Waals surface area (Å²) >= 11 is 0. The molecule has 3 aromatic rings. The van der Waals surface area contributed by atoms with Gasteiger partial charge in [0, 0.05) is 47.8 Å². The van der Waals surface area contributed by atoms with Crippen LogP contribution in [0.3, 0.4) is 0 Å². The highest BCUT2D eigenvalue weighted by Crippen LogP contribution is 2.42. The summed E-state index contributed by atoms with van der Waals surface area (Å²) in [6.07, 6.45) is 2.18. The van der Waals surface area contributed by atoms with Gasteiger partial charge in [0.25, 0.3) is 0 Å². The van der Waals surface area contributed by atoms with Gasteiger partial charge >= 0.3 is 0 Å². The molecular formula is C31H33FN2O2. The highest BCUT2D eigenvalue weighted by Gasteiger charge is 2.49. The maximum Gasteiger partial charge on any atom is 0.127 e. The van der Waals surface area contributed by atoms with Crippen molar-refractivity contribution in [2.24, 2.45) is 0 Å². The second-order valence-electron chi connectivity index (χ2n) is 9.72. The first-order valence-electron chi connectivity index (χ1n) is 12.7. The second-order valence-corrected chi connectivity index (χ2v) is 9.72. The first kappa shape index (κ1) is 24.5. The van der Waals surface area contributed by atoms with Crippen LogP contribution in [-0.4, -0.2) is 60.3 Å². The minimum absolute atomic E-state index is 0.125. The predicted octanol–water partition coefficient (Wildman–Crippen LogP) is 4.66. The van der Waals surface area contributed by atoms with Crippen molar-refractivity contribution in [3.05, 3.63) is 101 Å². The predicted molar refractivity (Wildman–Crippen MR) is 140 cm³/mol. The van der Waals surface area contributed by atoms with Gasteiger partial charge in [-0.1, -0.05) is 42.2 Å². The van der Waals surface area contributed by atoms with Crippen LogP contribution in [0.15, 0.2) is 72.8 Å². The summed E-state index contributed by atoms with van der Waals surface area (Å²) in [6, 6.07) is 23.7. The fourth-order valence-corrected chi connectivity index (χ4v) is 5.63. The summed E-state index contributed by atoms with van der Waals surface area (Å²) in [5.41, 5.74) is 3.89. The molecule has 0 radical (unpaired) electrons. The van der Waals surface area contributed by atoms with E-state index in [1.54, 1.807) is 19.2 Å². The van der Waals surface area contributed by atoms with E-state index in [9.17, 15) is 9.50 Å². The van der Waals surface area contributed by atoms with E-state index in [0.717, 1.165) is 54.9 Å². The van der Waals surface area contributed by atoms with E-state index in [4.69, 9.17) is 4.74 Å². The minimum Gasteiger partial charge on any atom is -0.497 e. The Hall–Kier alpha value is -3.17. The molecule has 5 rings (SSSR count). The first-order valence-corrected chi connectivity index (χ1v) is 12.7. The third kappa shape index (κ3) is 5.32. The Morgan fingerprint density at radius 3 is 2.25 bits per heavy atom. The molecule has 2 saturated heterocycles. The monoisotopic (exact) mass is 484 g/mol. The lowest BCUT2D eigenvalue weighted by atomic mass is 9.74. The number of methoxy groups -OCH3 is 1. The van der Waals surface area contributed by atoms with Crippen LogP contribution in [0.25, 0.3) is 0 Å². The normalized spacial score (nSPS) is 22.4.